The maximum atomic E-state index is 5.82. The molecule has 0 atom stereocenters. The number of benzene rings is 2. The molecule has 0 saturated heterocycles. The second-order valence-corrected chi connectivity index (χ2v) is 5.76. The van der Waals surface area contributed by atoms with E-state index in [-0.39, 0.29) is 0 Å². The van der Waals surface area contributed by atoms with Gasteiger partial charge in [0.2, 0.25) is 0 Å². The molecule has 1 aliphatic heterocycles. The van der Waals surface area contributed by atoms with Gasteiger partial charge in [-0.3, -0.25) is 9.47 Å². The fraction of sp³-hybridized carbons (Fsp3) is 0.235. The van der Waals surface area contributed by atoms with Crippen molar-refractivity contribution in [3.8, 4) is 5.75 Å². The zero-order chi connectivity index (χ0) is 14.9. The molecule has 0 amide bonds. The average Bonchev–Trinajstić information content (AvgIpc) is 2.72. The van der Waals surface area contributed by atoms with Gasteiger partial charge in [0.1, 0.15) is 12.4 Å². The minimum absolute atomic E-state index is 0.514. The molecule has 0 radical (unpaired) electrons. The first kappa shape index (κ1) is 13.5. The molecular weight excluding hydrogens is 296 g/mol. The van der Waals surface area contributed by atoms with E-state index in [4.69, 9.17) is 21.4 Å². The molecule has 3 aromatic rings. The number of aromatic nitrogens is 1. The highest BCUT2D eigenvalue weighted by molar-refractivity contribution is 7.71. The zero-order valence-corrected chi connectivity index (χ0v) is 12.9. The van der Waals surface area contributed by atoms with Gasteiger partial charge in [-0.15, -0.1) is 0 Å². The van der Waals surface area contributed by atoms with Crippen molar-refractivity contribution in [2.45, 2.75) is 13.2 Å². The molecule has 22 heavy (non-hydrogen) atoms. The van der Waals surface area contributed by atoms with Gasteiger partial charge in [0, 0.05) is 18.7 Å². The van der Waals surface area contributed by atoms with Crippen LogP contribution in [0.1, 0.15) is 5.56 Å². The zero-order valence-electron chi connectivity index (χ0n) is 12.1. The number of hydrogen-bond acceptors (Lipinski definition) is 4. The molecule has 4 nitrogen and oxygen atoms in total. The van der Waals surface area contributed by atoms with Crippen LogP contribution < -0.4 is 4.74 Å². The molecule has 1 aromatic heterocycles. The summed E-state index contributed by atoms with van der Waals surface area (Å²) in [5.41, 5.74) is 3.07. The fourth-order valence-electron chi connectivity index (χ4n) is 2.85. The van der Waals surface area contributed by atoms with E-state index in [9.17, 15) is 0 Å². The molecule has 0 saturated carbocycles. The summed E-state index contributed by atoms with van der Waals surface area (Å²) in [6.07, 6.45) is 0. The Morgan fingerprint density at radius 3 is 2.82 bits per heavy atom. The van der Waals surface area contributed by atoms with E-state index in [1.165, 1.54) is 5.56 Å². The Morgan fingerprint density at radius 1 is 1.05 bits per heavy atom. The Balaban J connectivity index is 1.66. The fourth-order valence-corrected chi connectivity index (χ4v) is 3.09. The lowest BCUT2D eigenvalue weighted by Gasteiger charge is -2.19. The number of ether oxygens (including phenoxy) is 1. The summed E-state index contributed by atoms with van der Waals surface area (Å²) in [5.74, 6) is 0.977. The summed E-state index contributed by atoms with van der Waals surface area (Å²) < 4.78 is 13.5. The van der Waals surface area contributed by atoms with Crippen molar-refractivity contribution in [1.29, 1.82) is 0 Å². The summed E-state index contributed by atoms with van der Waals surface area (Å²) >= 11 is 5.37. The Labute approximate surface area is 133 Å². The van der Waals surface area contributed by atoms with Gasteiger partial charge in [-0.05, 0) is 30.4 Å². The molecule has 112 valence electrons. The Kier molecular flexibility index (Phi) is 3.44. The first-order valence-electron chi connectivity index (χ1n) is 7.33. The first-order chi connectivity index (χ1) is 10.8. The third kappa shape index (κ3) is 2.42. The SMILES string of the molecule is S=c1oc2ccccc2n1CN1CCOc2ccccc2C1. The molecule has 0 spiro atoms. The highest BCUT2D eigenvalue weighted by Gasteiger charge is 2.16. The molecule has 5 heteroatoms. The van der Waals surface area contributed by atoms with E-state index in [1.54, 1.807) is 0 Å². The van der Waals surface area contributed by atoms with E-state index in [1.807, 2.05) is 47.0 Å². The lowest BCUT2D eigenvalue weighted by atomic mass is 10.2. The van der Waals surface area contributed by atoms with E-state index in [2.05, 4.69) is 11.0 Å². The van der Waals surface area contributed by atoms with Crippen LogP contribution in [0.3, 0.4) is 0 Å². The van der Waals surface area contributed by atoms with Gasteiger partial charge in [0.25, 0.3) is 4.84 Å². The Bertz CT molecular complexity index is 868. The van der Waals surface area contributed by atoms with E-state index in [0.717, 1.165) is 29.9 Å². The van der Waals surface area contributed by atoms with E-state index in [0.29, 0.717) is 18.1 Å². The van der Waals surface area contributed by atoms with Gasteiger partial charge in [0.15, 0.2) is 5.58 Å². The molecule has 0 unspecified atom stereocenters. The van der Waals surface area contributed by atoms with Crippen LogP contribution in [0.4, 0.5) is 0 Å². The third-order valence-electron chi connectivity index (χ3n) is 3.95. The summed E-state index contributed by atoms with van der Waals surface area (Å²) in [6.45, 7) is 3.08. The molecule has 0 N–H and O–H groups in total. The number of fused-ring (bicyclic) bond motifs is 2. The van der Waals surface area contributed by atoms with Gasteiger partial charge in [-0.2, -0.15) is 0 Å². The molecule has 1 aliphatic rings. The lowest BCUT2D eigenvalue weighted by molar-refractivity contribution is 0.185. The smallest absolute Gasteiger partial charge is 0.270 e. The van der Waals surface area contributed by atoms with E-state index >= 15 is 0 Å². The quantitative estimate of drug-likeness (QED) is 0.673. The molecule has 2 aromatic carbocycles. The van der Waals surface area contributed by atoms with Crippen molar-refractivity contribution in [2.24, 2.45) is 0 Å². The maximum Gasteiger partial charge on any atom is 0.270 e. The number of nitrogens with zero attached hydrogens (tertiary/aromatic N) is 2. The van der Waals surface area contributed by atoms with Gasteiger partial charge in [-0.1, -0.05) is 30.3 Å². The van der Waals surface area contributed by atoms with Crippen LogP contribution in [-0.4, -0.2) is 22.6 Å². The minimum Gasteiger partial charge on any atom is -0.492 e. The van der Waals surface area contributed by atoms with Gasteiger partial charge < -0.3 is 9.15 Å². The predicted octanol–water partition coefficient (Wildman–Crippen LogP) is 3.82. The molecule has 0 aliphatic carbocycles. The molecule has 4 rings (SSSR count). The largest absolute Gasteiger partial charge is 0.492 e. The number of rotatable bonds is 2. The summed E-state index contributed by atoms with van der Waals surface area (Å²) in [7, 11) is 0. The van der Waals surface area contributed by atoms with Crippen LogP contribution in [-0.2, 0) is 13.2 Å². The van der Waals surface area contributed by atoms with Gasteiger partial charge in [-0.25, -0.2) is 0 Å². The van der Waals surface area contributed by atoms with E-state index < -0.39 is 0 Å². The Hall–Kier alpha value is -2.11. The molecule has 0 fully saturated rings. The molecule has 0 bridgehead atoms. The number of hydrogen-bond donors (Lipinski definition) is 0. The molecule has 2 heterocycles. The number of para-hydroxylation sites is 3. The van der Waals surface area contributed by atoms with Gasteiger partial charge >= 0.3 is 0 Å². The Morgan fingerprint density at radius 2 is 1.86 bits per heavy atom. The first-order valence-corrected chi connectivity index (χ1v) is 7.73. The normalized spacial score (nSPS) is 15.3. The number of oxazole rings is 1. The van der Waals surface area contributed by atoms with Crippen molar-refractivity contribution < 1.29 is 9.15 Å². The van der Waals surface area contributed by atoms with Crippen molar-refractivity contribution in [1.82, 2.24) is 9.47 Å². The van der Waals surface area contributed by atoms with Crippen molar-refractivity contribution in [3.05, 3.63) is 58.9 Å². The monoisotopic (exact) mass is 312 g/mol. The van der Waals surface area contributed by atoms with Crippen LogP contribution >= 0.6 is 12.2 Å². The highest BCUT2D eigenvalue weighted by Crippen LogP contribution is 2.24. The van der Waals surface area contributed by atoms with Crippen LogP contribution in [0.2, 0.25) is 0 Å². The second-order valence-electron chi connectivity index (χ2n) is 5.41. The summed E-state index contributed by atoms with van der Waals surface area (Å²) in [4.78, 5) is 2.84. The van der Waals surface area contributed by atoms with Crippen molar-refractivity contribution in [2.75, 3.05) is 13.2 Å². The summed E-state index contributed by atoms with van der Waals surface area (Å²) in [5, 5.41) is 0. The maximum absolute atomic E-state index is 5.82. The topological polar surface area (TPSA) is 30.5 Å². The standard InChI is InChI=1S/C17H16N2O2S/c22-17-19(14-6-2-4-8-16(14)21-17)12-18-9-10-20-15-7-3-1-5-13(15)11-18/h1-8H,9-12H2. The van der Waals surface area contributed by atoms with Crippen LogP contribution in [0, 0.1) is 4.84 Å². The van der Waals surface area contributed by atoms with Crippen molar-refractivity contribution in [3.63, 3.8) is 0 Å². The third-order valence-corrected chi connectivity index (χ3v) is 4.25. The van der Waals surface area contributed by atoms with Crippen LogP contribution in [0.15, 0.2) is 52.9 Å². The lowest BCUT2D eigenvalue weighted by Crippen LogP contribution is -2.28. The van der Waals surface area contributed by atoms with Crippen molar-refractivity contribution >= 4 is 23.3 Å². The average molecular weight is 312 g/mol. The van der Waals surface area contributed by atoms with Crippen LogP contribution in [0.25, 0.3) is 11.1 Å². The minimum atomic E-state index is 0.514. The predicted molar refractivity (Wildman–Crippen MR) is 87.4 cm³/mol. The molecular formula is C17H16N2O2S. The van der Waals surface area contributed by atoms with Crippen LogP contribution in [0.5, 0.6) is 5.75 Å². The van der Waals surface area contributed by atoms with Gasteiger partial charge in [0.05, 0.1) is 12.2 Å². The highest BCUT2D eigenvalue weighted by atomic mass is 32.1. The summed E-state index contributed by atoms with van der Waals surface area (Å²) in [6, 6.07) is 16.1. The second kappa shape index (κ2) is 5.59.